The van der Waals surface area contributed by atoms with Crippen molar-refractivity contribution < 1.29 is 18.1 Å². The molecule has 10 heteroatoms. The first-order valence-corrected chi connectivity index (χ1v) is 10.2. The largest absolute Gasteiger partial charge is 0.495 e. The normalized spacial score (nSPS) is 11.2. The van der Waals surface area contributed by atoms with E-state index in [-0.39, 0.29) is 16.3 Å². The lowest BCUT2D eigenvalue weighted by molar-refractivity contribution is -0.384. The van der Waals surface area contributed by atoms with Crippen LogP contribution in [0.25, 0.3) is 0 Å². The Morgan fingerprint density at radius 3 is 2.40 bits per heavy atom. The molecular formula is C20H18N4O5S. The molecule has 0 atom stereocenters. The van der Waals surface area contributed by atoms with Gasteiger partial charge in [-0.2, -0.15) is 5.10 Å². The van der Waals surface area contributed by atoms with Gasteiger partial charge in [-0.05, 0) is 29.8 Å². The van der Waals surface area contributed by atoms with E-state index < -0.39 is 20.6 Å². The Morgan fingerprint density at radius 2 is 1.70 bits per heavy atom. The van der Waals surface area contributed by atoms with Crippen LogP contribution in [0, 0.1) is 10.1 Å². The number of methoxy groups -OCH3 is 1. The zero-order valence-corrected chi connectivity index (χ0v) is 16.7. The maximum Gasteiger partial charge on any atom is 0.295 e. The number of nitro groups is 1. The fourth-order valence-corrected chi connectivity index (χ4v) is 3.66. The first kappa shape index (κ1) is 20.8. The Morgan fingerprint density at radius 1 is 1.00 bits per heavy atom. The van der Waals surface area contributed by atoms with E-state index in [2.05, 4.69) is 15.2 Å². The number of nitrogens with one attached hydrogen (secondary N) is 2. The summed E-state index contributed by atoms with van der Waals surface area (Å²) in [5.74, 6) is 0.323. The van der Waals surface area contributed by atoms with Gasteiger partial charge in [0.25, 0.3) is 15.7 Å². The predicted molar refractivity (Wildman–Crippen MR) is 115 cm³/mol. The molecule has 0 unspecified atom stereocenters. The number of rotatable bonds is 8. The molecule has 0 amide bonds. The van der Waals surface area contributed by atoms with Gasteiger partial charge in [-0.25, -0.2) is 8.42 Å². The standard InChI is InChI=1S/C20H18N4O5S/c1-29-20-10-6-5-9-18(20)23-30(27,28)16-11-12-17(19(13-16)24(25)26)22-21-14-15-7-3-2-4-8-15/h2-14,22-23H,1H3/b21-14+. The molecular weight excluding hydrogens is 408 g/mol. The van der Waals surface area contributed by atoms with E-state index in [0.717, 1.165) is 11.6 Å². The van der Waals surface area contributed by atoms with Gasteiger partial charge in [-0.1, -0.05) is 42.5 Å². The quantitative estimate of drug-likeness (QED) is 0.320. The summed E-state index contributed by atoms with van der Waals surface area (Å²) in [6.07, 6.45) is 1.50. The molecule has 0 heterocycles. The SMILES string of the molecule is COc1ccccc1NS(=O)(=O)c1ccc(N/N=C/c2ccccc2)c([N+](=O)[O-])c1. The highest BCUT2D eigenvalue weighted by Gasteiger charge is 2.22. The second-order valence-corrected chi connectivity index (χ2v) is 7.70. The van der Waals surface area contributed by atoms with Crippen LogP contribution in [0.5, 0.6) is 5.75 Å². The molecule has 0 aromatic heterocycles. The van der Waals surface area contributed by atoms with E-state index in [9.17, 15) is 18.5 Å². The summed E-state index contributed by atoms with van der Waals surface area (Å²) < 4.78 is 32.9. The van der Waals surface area contributed by atoms with E-state index in [1.54, 1.807) is 18.2 Å². The lowest BCUT2D eigenvalue weighted by Gasteiger charge is -2.12. The second kappa shape index (κ2) is 9.05. The highest BCUT2D eigenvalue weighted by molar-refractivity contribution is 7.92. The summed E-state index contributed by atoms with van der Waals surface area (Å²) >= 11 is 0. The van der Waals surface area contributed by atoms with Crippen LogP contribution in [0.15, 0.2) is 82.8 Å². The lowest BCUT2D eigenvalue weighted by Crippen LogP contribution is -2.14. The number of sulfonamides is 1. The molecule has 0 spiro atoms. The van der Waals surface area contributed by atoms with Gasteiger partial charge in [0, 0.05) is 6.07 Å². The van der Waals surface area contributed by atoms with Crippen molar-refractivity contribution in [3.8, 4) is 5.75 Å². The number of nitro benzene ring substituents is 1. The van der Waals surface area contributed by atoms with Crippen molar-refractivity contribution in [3.63, 3.8) is 0 Å². The van der Waals surface area contributed by atoms with Gasteiger partial charge in [0.1, 0.15) is 11.4 Å². The minimum absolute atomic E-state index is 0.0587. The van der Waals surface area contributed by atoms with Crippen molar-refractivity contribution in [2.45, 2.75) is 4.90 Å². The van der Waals surface area contributed by atoms with Crippen molar-refractivity contribution >= 4 is 33.3 Å². The number of anilines is 2. The van der Waals surface area contributed by atoms with Gasteiger partial charge >= 0.3 is 0 Å². The molecule has 3 aromatic rings. The average molecular weight is 426 g/mol. The van der Waals surface area contributed by atoms with Gasteiger partial charge in [0.15, 0.2) is 0 Å². The van der Waals surface area contributed by atoms with Crippen LogP contribution in [-0.2, 0) is 10.0 Å². The number of nitrogens with zero attached hydrogens (tertiary/aromatic N) is 2. The fraction of sp³-hybridized carbons (Fsp3) is 0.0500. The predicted octanol–water partition coefficient (Wildman–Crippen LogP) is 3.85. The van der Waals surface area contributed by atoms with Gasteiger partial charge in [0.05, 0.1) is 28.8 Å². The number of hydrogen-bond donors (Lipinski definition) is 2. The van der Waals surface area contributed by atoms with E-state index in [1.165, 1.54) is 31.5 Å². The summed E-state index contributed by atoms with van der Waals surface area (Å²) in [5.41, 5.74) is 3.23. The molecule has 0 aliphatic carbocycles. The van der Waals surface area contributed by atoms with Crippen LogP contribution >= 0.6 is 0 Å². The van der Waals surface area contributed by atoms with Crippen molar-refractivity contribution in [2.75, 3.05) is 17.3 Å². The third kappa shape index (κ3) is 4.92. The minimum atomic E-state index is -4.08. The second-order valence-electron chi connectivity index (χ2n) is 6.02. The molecule has 30 heavy (non-hydrogen) atoms. The molecule has 154 valence electrons. The summed E-state index contributed by atoms with van der Waals surface area (Å²) in [6.45, 7) is 0. The number of ether oxygens (including phenoxy) is 1. The zero-order chi connectivity index (χ0) is 21.6. The zero-order valence-electron chi connectivity index (χ0n) is 15.8. The molecule has 3 rings (SSSR count). The molecule has 9 nitrogen and oxygen atoms in total. The highest BCUT2D eigenvalue weighted by atomic mass is 32.2. The number of para-hydroxylation sites is 2. The van der Waals surface area contributed by atoms with Crippen molar-refractivity contribution in [1.29, 1.82) is 0 Å². The van der Waals surface area contributed by atoms with Gasteiger partial charge in [-0.15, -0.1) is 0 Å². The van der Waals surface area contributed by atoms with Crippen LogP contribution in [0.3, 0.4) is 0 Å². The molecule has 2 N–H and O–H groups in total. The Labute approximate surface area is 173 Å². The fourth-order valence-electron chi connectivity index (χ4n) is 2.57. The monoisotopic (exact) mass is 426 g/mol. The molecule has 3 aromatic carbocycles. The van der Waals surface area contributed by atoms with Gasteiger partial charge < -0.3 is 4.74 Å². The third-order valence-corrected chi connectivity index (χ3v) is 5.39. The van der Waals surface area contributed by atoms with Crippen LogP contribution < -0.4 is 14.9 Å². The van der Waals surface area contributed by atoms with Crippen LogP contribution in [0.1, 0.15) is 5.56 Å². The first-order valence-electron chi connectivity index (χ1n) is 8.69. The molecule has 0 bridgehead atoms. The Hall–Kier alpha value is -3.92. The maximum atomic E-state index is 12.7. The Balaban J connectivity index is 1.87. The molecule has 0 saturated carbocycles. The van der Waals surface area contributed by atoms with Gasteiger partial charge in [0.2, 0.25) is 0 Å². The minimum Gasteiger partial charge on any atom is -0.495 e. The molecule has 0 fully saturated rings. The molecule has 0 radical (unpaired) electrons. The van der Waals surface area contributed by atoms with E-state index in [1.807, 2.05) is 30.3 Å². The number of hydrogen-bond acceptors (Lipinski definition) is 7. The summed E-state index contributed by atoms with van der Waals surface area (Å²) in [4.78, 5) is 10.5. The van der Waals surface area contributed by atoms with Crippen molar-refractivity contribution in [3.05, 3.63) is 88.5 Å². The van der Waals surface area contributed by atoms with Crippen molar-refractivity contribution in [2.24, 2.45) is 5.10 Å². The van der Waals surface area contributed by atoms with Gasteiger partial charge in [-0.3, -0.25) is 20.3 Å². The number of hydrazone groups is 1. The van der Waals surface area contributed by atoms with Crippen LogP contribution in [-0.4, -0.2) is 26.7 Å². The van der Waals surface area contributed by atoms with Crippen LogP contribution in [0.2, 0.25) is 0 Å². The van der Waals surface area contributed by atoms with E-state index in [0.29, 0.717) is 5.75 Å². The summed E-state index contributed by atoms with van der Waals surface area (Å²) in [5, 5.41) is 15.4. The van der Waals surface area contributed by atoms with Crippen molar-refractivity contribution in [1.82, 2.24) is 0 Å². The van der Waals surface area contributed by atoms with E-state index in [4.69, 9.17) is 4.74 Å². The highest BCUT2D eigenvalue weighted by Crippen LogP contribution is 2.30. The summed E-state index contributed by atoms with van der Waals surface area (Å²) in [7, 11) is -2.67. The smallest absolute Gasteiger partial charge is 0.295 e. The Kier molecular flexibility index (Phi) is 6.28. The molecule has 0 aliphatic rings. The summed E-state index contributed by atoms with van der Waals surface area (Å²) in [6, 6.07) is 19.1. The maximum absolute atomic E-state index is 12.7. The lowest BCUT2D eigenvalue weighted by atomic mass is 10.2. The number of benzene rings is 3. The van der Waals surface area contributed by atoms with E-state index >= 15 is 0 Å². The average Bonchev–Trinajstić information content (AvgIpc) is 2.74. The Bertz CT molecular complexity index is 1180. The third-order valence-electron chi connectivity index (χ3n) is 4.03. The van der Waals surface area contributed by atoms with Crippen LogP contribution in [0.4, 0.5) is 17.1 Å². The first-order chi connectivity index (χ1) is 14.4. The topological polar surface area (TPSA) is 123 Å². The molecule has 0 saturated heterocycles. The molecule has 0 aliphatic heterocycles.